The molecule has 0 N–H and O–H groups in total. The summed E-state index contributed by atoms with van der Waals surface area (Å²) in [6.45, 7) is 3.84. The number of nitrogens with zero attached hydrogens (tertiary/aromatic N) is 1. The third-order valence-electron chi connectivity index (χ3n) is 3.75. The van der Waals surface area contributed by atoms with Gasteiger partial charge in [-0.2, -0.15) is 0 Å². The Morgan fingerprint density at radius 2 is 1.50 bits per heavy atom. The molecule has 0 heterocycles. The van der Waals surface area contributed by atoms with Crippen molar-refractivity contribution in [2.24, 2.45) is 0 Å². The van der Waals surface area contributed by atoms with Gasteiger partial charge < -0.3 is 18.9 Å². The highest BCUT2D eigenvalue weighted by atomic mass is 16.6. The molecule has 0 atom stereocenters. The summed E-state index contributed by atoms with van der Waals surface area (Å²) in [6, 6.07) is 9.92. The summed E-state index contributed by atoms with van der Waals surface area (Å²) in [4.78, 5) is 22.1. The lowest BCUT2D eigenvalue weighted by molar-refractivity contribution is -0.400. The van der Waals surface area contributed by atoms with Gasteiger partial charge in [-0.1, -0.05) is 12.1 Å². The topological polar surface area (TPSA) is 97.1 Å². The minimum absolute atomic E-state index is 0.00618. The number of nitro groups is 1. The molecule has 2 aromatic carbocycles. The molecule has 0 aliphatic carbocycles. The van der Waals surface area contributed by atoms with E-state index in [2.05, 4.69) is 0 Å². The van der Waals surface area contributed by atoms with Crippen molar-refractivity contribution in [2.75, 3.05) is 14.2 Å². The maximum absolute atomic E-state index is 12.2. The fourth-order valence-corrected chi connectivity index (χ4v) is 2.46. The van der Waals surface area contributed by atoms with Crippen molar-refractivity contribution in [3.63, 3.8) is 0 Å². The molecule has 8 nitrogen and oxygen atoms in total. The third-order valence-corrected chi connectivity index (χ3v) is 3.75. The summed E-state index contributed by atoms with van der Waals surface area (Å²) < 4.78 is 21.5. The molecule has 2 rings (SSSR count). The predicted molar refractivity (Wildman–Crippen MR) is 112 cm³/mol. The molecule has 0 aliphatic heterocycles. The van der Waals surface area contributed by atoms with Crippen LogP contribution in [0.5, 0.6) is 23.0 Å². The first-order valence-corrected chi connectivity index (χ1v) is 9.06. The lowest BCUT2D eigenvalue weighted by atomic mass is 10.2. The first-order valence-electron chi connectivity index (χ1n) is 9.06. The van der Waals surface area contributed by atoms with Gasteiger partial charge in [-0.15, -0.1) is 0 Å². The quantitative estimate of drug-likeness (QED) is 0.198. The summed E-state index contributed by atoms with van der Waals surface area (Å²) in [5.41, 5.74) is 1.27. The van der Waals surface area contributed by atoms with E-state index in [9.17, 15) is 14.9 Å². The lowest BCUT2D eigenvalue weighted by Crippen LogP contribution is -2.06. The molecule has 0 saturated carbocycles. The summed E-state index contributed by atoms with van der Waals surface area (Å²) in [6.07, 6.45) is 5.00. The van der Waals surface area contributed by atoms with E-state index in [1.54, 1.807) is 37.5 Å². The van der Waals surface area contributed by atoms with Gasteiger partial charge in [0.1, 0.15) is 0 Å². The van der Waals surface area contributed by atoms with Gasteiger partial charge in [0.25, 0.3) is 0 Å². The van der Waals surface area contributed by atoms with Crippen molar-refractivity contribution in [3.05, 3.63) is 69.9 Å². The van der Waals surface area contributed by atoms with E-state index in [1.807, 2.05) is 13.8 Å². The highest BCUT2D eigenvalue weighted by Gasteiger charge is 2.10. The number of ether oxygens (including phenoxy) is 4. The predicted octanol–water partition coefficient (Wildman–Crippen LogP) is 4.36. The van der Waals surface area contributed by atoms with Gasteiger partial charge >= 0.3 is 5.97 Å². The highest BCUT2D eigenvalue weighted by molar-refractivity contribution is 5.89. The number of rotatable bonds is 9. The maximum Gasteiger partial charge on any atom is 0.336 e. The number of carbonyl (C=O) groups is 1. The zero-order valence-electron chi connectivity index (χ0n) is 17.2. The van der Waals surface area contributed by atoms with Crippen molar-refractivity contribution in [1.82, 2.24) is 0 Å². The van der Waals surface area contributed by atoms with Crippen LogP contribution < -0.4 is 18.9 Å². The largest absolute Gasteiger partial charge is 0.493 e. The van der Waals surface area contributed by atoms with Crippen LogP contribution in [-0.4, -0.2) is 31.2 Å². The molecule has 0 aromatic heterocycles. The van der Waals surface area contributed by atoms with Crippen molar-refractivity contribution < 1.29 is 28.7 Å². The first-order chi connectivity index (χ1) is 14.3. The van der Waals surface area contributed by atoms with Crippen LogP contribution in [0.2, 0.25) is 0 Å². The van der Waals surface area contributed by atoms with Gasteiger partial charge in [0, 0.05) is 12.2 Å². The Hall–Kier alpha value is -3.81. The maximum atomic E-state index is 12.2. The zero-order valence-corrected chi connectivity index (χ0v) is 17.2. The van der Waals surface area contributed by atoms with Crippen molar-refractivity contribution >= 4 is 18.1 Å². The van der Waals surface area contributed by atoms with Gasteiger partial charge in [0.15, 0.2) is 23.0 Å². The zero-order chi connectivity index (χ0) is 22.1. The Bertz CT molecular complexity index is 964. The molecule has 0 spiro atoms. The number of benzene rings is 2. The van der Waals surface area contributed by atoms with Crippen LogP contribution in [0.4, 0.5) is 0 Å². The SMILES string of the molecule is COc1cc(/C=C/[N+](=O)[O-])ccc1OC(=O)/C=C/c1ccc(OC(C)C)c(OC)c1. The third kappa shape index (κ3) is 6.66. The molecule has 0 aliphatic rings. The molecule has 0 bridgehead atoms. The fourth-order valence-electron chi connectivity index (χ4n) is 2.46. The molecular weight excluding hydrogens is 390 g/mol. The van der Waals surface area contributed by atoms with Crippen molar-refractivity contribution in [1.29, 1.82) is 0 Å². The molecule has 30 heavy (non-hydrogen) atoms. The van der Waals surface area contributed by atoms with E-state index in [1.165, 1.54) is 31.4 Å². The summed E-state index contributed by atoms with van der Waals surface area (Å²) in [7, 11) is 2.96. The Labute approximate surface area is 174 Å². The van der Waals surface area contributed by atoms with Gasteiger partial charge in [-0.05, 0) is 55.3 Å². The Morgan fingerprint density at radius 3 is 2.07 bits per heavy atom. The number of methoxy groups -OCH3 is 2. The Morgan fingerprint density at radius 1 is 0.933 bits per heavy atom. The van der Waals surface area contributed by atoms with E-state index >= 15 is 0 Å². The first kappa shape index (κ1) is 22.5. The minimum atomic E-state index is -0.608. The average molecular weight is 413 g/mol. The fraction of sp³-hybridized carbons (Fsp3) is 0.227. The van der Waals surface area contributed by atoms with Crippen LogP contribution in [0.15, 0.2) is 48.7 Å². The number of hydrogen-bond acceptors (Lipinski definition) is 7. The normalized spacial score (nSPS) is 11.1. The molecular formula is C22H23NO7. The van der Waals surface area contributed by atoms with Gasteiger partial charge in [-0.3, -0.25) is 10.1 Å². The molecule has 0 radical (unpaired) electrons. The second kappa shape index (κ2) is 10.7. The van der Waals surface area contributed by atoms with E-state index < -0.39 is 10.9 Å². The molecule has 0 fully saturated rings. The van der Waals surface area contributed by atoms with Crippen molar-refractivity contribution in [2.45, 2.75) is 20.0 Å². The second-order valence-corrected chi connectivity index (χ2v) is 6.34. The molecule has 0 unspecified atom stereocenters. The van der Waals surface area contributed by atoms with Gasteiger partial charge in [0.2, 0.25) is 6.20 Å². The van der Waals surface area contributed by atoms with Crippen molar-refractivity contribution in [3.8, 4) is 23.0 Å². The summed E-state index contributed by atoms with van der Waals surface area (Å²) in [5, 5.41) is 10.4. The molecule has 8 heteroatoms. The van der Waals surface area contributed by atoms with Crippen LogP contribution >= 0.6 is 0 Å². The van der Waals surface area contributed by atoms with Crippen LogP contribution in [-0.2, 0) is 4.79 Å². The lowest BCUT2D eigenvalue weighted by Gasteiger charge is -2.13. The molecule has 0 saturated heterocycles. The highest BCUT2D eigenvalue weighted by Crippen LogP contribution is 2.30. The monoisotopic (exact) mass is 413 g/mol. The van der Waals surface area contributed by atoms with Crippen LogP contribution in [0, 0.1) is 10.1 Å². The Balaban J connectivity index is 2.11. The van der Waals surface area contributed by atoms with E-state index in [0.717, 1.165) is 11.8 Å². The molecule has 158 valence electrons. The number of carbonyl (C=O) groups excluding carboxylic acids is 1. The van der Waals surface area contributed by atoms with Crippen LogP contribution in [0.3, 0.4) is 0 Å². The summed E-state index contributed by atoms with van der Waals surface area (Å²) in [5.74, 6) is 1.04. The van der Waals surface area contributed by atoms with Crippen LogP contribution in [0.1, 0.15) is 25.0 Å². The van der Waals surface area contributed by atoms with E-state index in [4.69, 9.17) is 18.9 Å². The molecule has 2 aromatic rings. The minimum Gasteiger partial charge on any atom is -0.493 e. The second-order valence-electron chi connectivity index (χ2n) is 6.34. The Kier molecular flexibility index (Phi) is 7.99. The summed E-state index contributed by atoms with van der Waals surface area (Å²) >= 11 is 0. The van der Waals surface area contributed by atoms with Gasteiger partial charge in [-0.25, -0.2) is 4.79 Å². The van der Waals surface area contributed by atoms with E-state index in [-0.39, 0.29) is 17.6 Å². The number of esters is 1. The van der Waals surface area contributed by atoms with E-state index in [0.29, 0.717) is 17.1 Å². The van der Waals surface area contributed by atoms with Gasteiger partial charge in [0.05, 0.1) is 25.2 Å². The average Bonchev–Trinajstić information content (AvgIpc) is 2.71. The molecule has 0 amide bonds. The smallest absolute Gasteiger partial charge is 0.336 e. The van der Waals surface area contributed by atoms with Crippen LogP contribution in [0.25, 0.3) is 12.2 Å². The standard InChI is InChI=1S/C22H23NO7/c1-15(2)29-18-8-5-16(13-20(18)27-3)7-10-22(24)30-19-9-6-17(11-12-23(25)26)14-21(19)28-4/h5-15H,1-4H3/b10-7+,12-11+. The number of hydrogen-bond donors (Lipinski definition) is 0.